The van der Waals surface area contributed by atoms with E-state index in [0.717, 1.165) is 29.8 Å². The van der Waals surface area contributed by atoms with Crippen LogP contribution in [0.5, 0.6) is 0 Å². The maximum absolute atomic E-state index is 14.5. The van der Waals surface area contributed by atoms with Crippen molar-refractivity contribution in [2.75, 3.05) is 0 Å². The number of rotatable bonds is 4. The molecule has 0 unspecified atom stereocenters. The summed E-state index contributed by atoms with van der Waals surface area (Å²) in [4.78, 5) is 9.24. The van der Waals surface area contributed by atoms with Crippen molar-refractivity contribution in [2.45, 2.75) is 44.6 Å². The van der Waals surface area contributed by atoms with Crippen molar-refractivity contribution < 1.29 is 13.9 Å². The second kappa shape index (κ2) is 7.20. The molecule has 172 valence electrons. The van der Waals surface area contributed by atoms with Crippen LogP contribution in [0, 0.1) is 17.0 Å². The zero-order valence-corrected chi connectivity index (χ0v) is 18.7. The smallest absolute Gasteiger partial charge is 0.250 e. The van der Waals surface area contributed by atoms with Crippen molar-refractivity contribution in [2.24, 2.45) is 5.41 Å². The third-order valence-electron chi connectivity index (χ3n) is 7.69. The van der Waals surface area contributed by atoms with Crippen LogP contribution in [0.25, 0.3) is 17.2 Å². The molecule has 1 saturated carbocycles. The summed E-state index contributed by atoms with van der Waals surface area (Å²) in [5.74, 6) is -0.769. The summed E-state index contributed by atoms with van der Waals surface area (Å²) in [7, 11) is 0. The van der Waals surface area contributed by atoms with E-state index in [1.807, 2.05) is 6.07 Å². The minimum absolute atomic E-state index is 0.149. The summed E-state index contributed by atoms with van der Waals surface area (Å²) in [6.07, 6.45) is 5.14. The highest BCUT2D eigenvalue weighted by Crippen LogP contribution is 2.69. The third-order valence-corrected chi connectivity index (χ3v) is 7.69. The fourth-order valence-corrected chi connectivity index (χ4v) is 6.01. The van der Waals surface area contributed by atoms with Crippen LogP contribution < -0.4 is 0 Å². The Morgan fingerprint density at radius 1 is 1.12 bits per heavy atom. The number of aliphatic hydroxyl groups is 1. The summed E-state index contributed by atoms with van der Waals surface area (Å²) in [6, 6.07) is 9.19. The Bertz CT molecular complexity index is 1410. The molecular formula is C25H22F2N6O. The number of nitrogens with zero attached hydrogens (tertiary/aromatic N) is 6. The van der Waals surface area contributed by atoms with Gasteiger partial charge in [-0.15, -0.1) is 5.10 Å². The van der Waals surface area contributed by atoms with Crippen molar-refractivity contribution in [3.8, 4) is 17.2 Å². The van der Waals surface area contributed by atoms with Crippen molar-refractivity contribution in [1.29, 1.82) is 0 Å². The maximum Gasteiger partial charge on any atom is 0.250 e. The molecule has 34 heavy (non-hydrogen) atoms. The van der Waals surface area contributed by atoms with Gasteiger partial charge in [-0.3, -0.25) is 0 Å². The van der Waals surface area contributed by atoms with E-state index in [-0.39, 0.29) is 29.2 Å². The number of hydrogen-bond acceptors (Lipinski definition) is 6. The Hall–Kier alpha value is -3.59. The number of fused-ring (bicyclic) bond motifs is 5. The van der Waals surface area contributed by atoms with Crippen LogP contribution in [-0.2, 0) is 12.0 Å². The van der Waals surface area contributed by atoms with Gasteiger partial charge in [0.1, 0.15) is 11.6 Å². The van der Waals surface area contributed by atoms with Gasteiger partial charge in [0.15, 0.2) is 0 Å². The van der Waals surface area contributed by atoms with Crippen LogP contribution in [0.15, 0.2) is 48.8 Å². The van der Waals surface area contributed by atoms with Crippen LogP contribution in [0.1, 0.15) is 55.3 Å². The Morgan fingerprint density at radius 2 is 1.91 bits per heavy atom. The topological polar surface area (TPSA) is 89.6 Å². The van der Waals surface area contributed by atoms with Gasteiger partial charge in [-0.1, -0.05) is 19.9 Å². The fraction of sp³-hybridized carbons (Fsp3) is 0.320. The summed E-state index contributed by atoms with van der Waals surface area (Å²) in [6.45, 7) is 4.21. The van der Waals surface area contributed by atoms with E-state index >= 15 is 0 Å². The second-order valence-corrected chi connectivity index (χ2v) is 9.50. The zero-order valence-electron chi connectivity index (χ0n) is 18.7. The number of benzene rings is 1. The maximum atomic E-state index is 14.5. The van der Waals surface area contributed by atoms with Crippen molar-refractivity contribution in [1.82, 2.24) is 29.9 Å². The predicted molar refractivity (Wildman–Crippen MR) is 119 cm³/mol. The lowest BCUT2D eigenvalue weighted by atomic mass is 9.66. The average Bonchev–Trinajstić information content (AvgIpc) is 3.47. The largest absolute Gasteiger partial charge is 0.390 e. The molecule has 1 aromatic carbocycles. The van der Waals surface area contributed by atoms with Crippen molar-refractivity contribution >= 4 is 0 Å². The highest BCUT2D eigenvalue weighted by atomic mass is 19.1. The van der Waals surface area contributed by atoms with Gasteiger partial charge in [0, 0.05) is 12.4 Å². The molecule has 2 atom stereocenters. The van der Waals surface area contributed by atoms with E-state index in [1.165, 1.54) is 22.9 Å². The molecule has 9 heteroatoms. The first-order valence-electron chi connectivity index (χ1n) is 11.2. The predicted octanol–water partition coefficient (Wildman–Crippen LogP) is 4.09. The SMILES string of the molecule is CC1(C)[C@H]2CC[C@]1(c1ccnc(-n3ccc(CO)n3)n1)c1nnc(-c3c(F)cccc3F)cc12. The molecule has 0 saturated heterocycles. The molecule has 3 heterocycles. The van der Waals surface area contributed by atoms with Crippen LogP contribution >= 0.6 is 0 Å². The van der Waals surface area contributed by atoms with Crippen molar-refractivity contribution in [3.63, 3.8) is 0 Å². The van der Waals surface area contributed by atoms with Gasteiger partial charge in [0.2, 0.25) is 0 Å². The molecule has 0 spiro atoms. The third kappa shape index (κ3) is 2.67. The molecule has 7 nitrogen and oxygen atoms in total. The van der Waals surface area contributed by atoms with E-state index in [4.69, 9.17) is 4.98 Å². The van der Waals surface area contributed by atoms with Crippen LogP contribution in [0.2, 0.25) is 0 Å². The molecule has 2 aliphatic carbocycles. The Labute approximate surface area is 194 Å². The normalized spacial score (nSPS) is 22.2. The van der Waals surface area contributed by atoms with Gasteiger partial charge in [0.05, 0.1) is 40.4 Å². The molecule has 1 fully saturated rings. The van der Waals surface area contributed by atoms with Gasteiger partial charge >= 0.3 is 0 Å². The van der Waals surface area contributed by atoms with Gasteiger partial charge in [-0.25, -0.2) is 23.4 Å². The quantitative estimate of drug-likeness (QED) is 0.493. The summed E-state index contributed by atoms with van der Waals surface area (Å²) >= 11 is 0. The monoisotopic (exact) mass is 460 g/mol. The van der Waals surface area contributed by atoms with Crippen LogP contribution in [-0.4, -0.2) is 35.1 Å². The van der Waals surface area contributed by atoms with E-state index in [0.29, 0.717) is 11.6 Å². The first kappa shape index (κ1) is 21.0. The molecule has 2 bridgehead atoms. The summed E-state index contributed by atoms with van der Waals surface area (Å²) < 4.78 is 30.4. The minimum Gasteiger partial charge on any atom is -0.390 e. The lowest BCUT2D eigenvalue weighted by Crippen LogP contribution is -2.38. The summed E-state index contributed by atoms with van der Waals surface area (Å²) in [5, 5.41) is 22.5. The number of halogens is 2. The molecule has 0 radical (unpaired) electrons. The second-order valence-electron chi connectivity index (χ2n) is 9.50. The van der Waals surface area contributed by atoms with Gasteiger partial charge in [0.25, 0.3) is 5.95 Å². The Balaban J connectivity index is 1.51. The van der Waals surface area contributed by atoms with Crippen molar-refractivity contribution in [3.05, 3.63) is 83.1 Å². The first-order chi connectivity index (χ1) is 16.4. The highest BCUT2D eigenvalue weighted by molar-refractivity contribution is 5.64. The molecular weight excluding hydrogens is 438 g/mol. The Morgan fingerprint density at radius 3 is 2.65 bits per heavy atom. The lowest BCUT2D eigenvalue weighted by molar-refractivity contribution is 0.242. The molecule has 6 rings (SSSR count). The molecule has 3 aromatic heterocycles. The fourth-order valence-electron chi connectivity index (χ4n) is 6.01. The van der Waals surface area contributed by atoms with E-state index in [9.17, 15) is 13.9 Å². The number of aromatic nitrogens is 6. The van der Waals surface area contributed by atoms with E-state index in [2.05, 4.69) is 34.1 Å². The highest BCUT2D eigenvalue weighted by Gasteiger charge is 2.65. The Kier molecular flexibility index (Phi) is 4.44. The van der Waals surface area contributed by atoms with Gasteiger partial charge in [-0.05, 0) is 60.1 Å². The van der Waals surface area contributed by atoms with E-state index < -0.39 is 17.0 Å². The van der Waals surface area contributed by atoms with E-state index in [1.54, 1.807) is 24.5 Å². The molecule has 2 aliphatic rings. The average molecular weight is 460 g/mol. The first-order valence-corrected chi connectivity index (χ1v) is 11.2. The summed E-state index contributed by atoms with van der Waals surface area (Å²) in [5.41, 5.74) is 2.38. The lowest BCUT2D eigenvalue weighted by Gasteiger charge is -2.37. The van der Waals surface area contributed by atoms with Gasteiger partial charge in [-0.2, -0.15) is 10.2 Å². The standard InChI is InChI=1S/C25H22F2N6O/c1-24(2)16-6-9-25(24,20-7-10-28-23(29-20)33-11-8-14(13-34)32-33)22-15(16)12-19(30-31-22)21-17(26)4-3-5-18(21)27/h3-5,7-8,10-12,16,34H,6,9,13H2,1-2H3/t16-,25-/m0/s1. The minimum atomic E-state index is -0.659. The molecule has 0 amide bonds. The van der Waals surface area contributed by atoms with Gasteiger partial charge < -0.3 is 5.11 Å². The number of aliphatic hydroxyl groups excluding tert-OH is 1. The molecule has 0 aliphatic heterocycles. The molecule has 4 aromatic rings. The number of hydrogen-bond donors (Lipinski definition) is 1. The van der Waals surface area contributed by atoms with Crippen LogP contribution in [0.4, 0.5) is 8.78 Å². The molecule has 1 N–H and O–H groups in total. The van der Waals surface area contributed by atoms with Crippen LogP contribution in [0.3, 0.4) is 0 Å². The zero-order chi connectivity index (χ0) is 23.7.